The number of hydrogen-bond acceptors (Lipinski definition) is 5. The van der Waals surface area contributed by atoms with E-state index in [2.05, 4.69) is 36.2 Å². The third-order valence-electron chi connectivity index (χ3n) is 4.50. The first kappa shape index (κ1) is 18.9. The van der Waals surface area contributed by atoms with Crippen LogP contribution in [0.4, 0.5) is 19.0 Å². The Balaban J connectivity index is 1.81. The zero-order valence-corrected chi connectivity index (χ0v) is 16.5. The maximum absolute atomic E-state index is 13.4. The highest BCUT2D eigenvalue weighted by Crippen LogP contribution is 2.39. The van der Waals surface area contributed by atoms with E-state index in [-0.39, 0.29) is 18.9 Å². The van der Waals surface area contributed by atoms with E-state index in [9.17, 15) is 13.2 Å². The molecule has 3 heterocycles. The van der Waals surface area contributed by atoms with E-state index < -0.39 is 11.7 Å². The van der Waals surface area contributed by atoms with Gasteiger partial charge >= 0.3 is 6.18 Å². The monoisotopic (exact) mass is 452 g/mol. The summed E-state index contributed by atoms with van der Waals surface area (Å²) in [4.78, 5) is 13.6. The molecule has 2 aromatic heterocycles. The van der Waals surface area contributed by atoms with Crippen molar-refractivity contribution in [3.8, 4) is 5.75 Å². The number of nitrogens with zero attached hydrogens (tertiary/aromatic N) is 3. The van der Waals surface area contributed by atoms with Gasteiger partial charge in [0.25, 0.3) is 0 Å². The quantitative estimate of drug-likeness (QED) is 0.516. The molecule has 4 rings (SSSR count). The average molecular weight is 453 g/mol. The SMILES string of the molecule is Cc1nc2nc3nc(c2cc1Br)NCc1cccc(C(F)(F)F)c1OCCC3. The van der Waals surface area contributed by atoms with Crippen molar-refractivity contribution in [1.82, 2.24) is 15.0 Å². The molecule has 3 aromatic rings. The summed E-state index contributed by atoms with van der Waals surface area (Å²) < 4.78 is 46.6. The Morgan fingerprint density at radius 3 is 2.79 bits per heavy atom. The van der Waals surface area contributed by atoms with Crippen molar-refractivity contribution in [1.29, 1.82) is 0 Å². The van der Waals surface area contributed by atoms with Crippen LogP contribution in [0.25, 0.3) is 11.0 Å². The van der Waals surface area contributed by atoms with Crippen LogP contribution >= 0.6 is 15.9 Å². The number of halogens is 4. The van der Waals surface area contributed by atoms with Crippen LogP contribution in [0, 0.1) is 6.92 Å². The van der Waals surface area contributed by atoms with Gasteiger partial charge in [0.05, 0.1) is 23.3 Å². The van der Waals surface area contributed by atoms with Gasteiger partial charge in [0.2, 0.25) is 0 Å². The lowest BCUT2D eigenvalue weighted by Gasteiger charge is -2.17. The summed E-state index contributed by atoms with van der Waals surface area (Å²) in [6, 6.07) is 5.92. The van der Waals surface area contributed by atoms with Crippen LogP contribution in [0.2, 0.25) is 0 Å². The molecule has 5 nitrogen and oxygen atoms in total. The van der Waals surface area contributed by atoms with Crippen LogP contribution in [-0.4, -0.2) is 21.6 Å². The minimum Gasteiger partial charge on any atom is -0.493 e. The minimum atomic E-state index is -4.48. The zero-order chi connectivity index (χ0) is 19.9. The van der Waals surface area contributed by atoms with Gasteiger partial charge in [0.15, 0.2) is 5.65 Å². The molecule has 28 heavy (non-hydrogen) atoms. The van der Waals surface area contributed by atoms with Gasteiger partial charge < -0.3 is 10.1 Å². The number of anilines is 1. The Hall–Kier alpha value is -2.42. The molecule has 0 atom stereocenters. The lowest BCUT2D eigenvalue weighted by Crippen LogP contribution is -2.12. The van der Waals surface area contributed by atoms with Crippen molar-refractivity contribution in [2.24, 2.45) is 0 Å². The van der Waals surface area contributed by atoms with Crippen molar-refractivity contribution >= 4 is 32.8 Å². The molecule has 0 saturated carbocycles. The van der Waals surface area contributed by atoms with E-state index in [1.165, 1.54) is 6.07 Å². The number of nitrogens with one attached hydrogen (secondary N) is 1. The number of hydrogen-bond donors (Lipinski definition) is 1. The van der Waals surface area contributed by atoms with Gasteiger partial charge in [0, 0.05) is 23.0 Å². The summed E-state index contributed by atoms with van der Waals surface area (Å²) in [6.45, 7) is 2.15. The van der Waals surface area contributed by atoms with Gasteiger partial charge in [-0.3, -0.25) is 0 Å². The zero-order valence-electron chi connectivity index (χ0n) is 14.9. The standard InChI is InChI=1S/C19H16BrF3N4O/c1-10-14(20)8-12-17-24-9-11-4-2-5-13(19(21,22)23)16(11)28-7-3-6-15(26-17)27-18(12)25-10/h2,4-5,8H,3,6-7,9H2,1H3,(H,24,25,26,27). The fourth-order valence-electron chi connectivity index (χ4n) is 3.11. The van der Waals surface area contributed by atoms with Crippen LogP contribution in [-0.2, 0) is 19.1 Å². The topological polar surface area (TPSA) is 59.9 Å². The molecule has 9 heteroatoms. The number of fused-ring (bicyclic) bond motifs is 5. The Morgan fingerprint density at radius 2 is 2.00 bits per heavy atom. The summed E-state index contributed by atoms with van der Waals surface area (Å²) in [5, 5.41) is 3.85. The predicted molar refractivity (Wildman–Crippen MR) is 102 cm³/mol. The number of ether oxygens (including phenoxy) is 1. The highest BCUT2D eigenvalue weighted by Gasteiger charge is 2.35. The summed E-state index contributed by atoms with van der Waals surface area (Å²) in [7, 11) is 0. The predicted octanol–water partition coefficient (Wildman–Crippen LogP) is 5.05. The molecule has 2 bridgehead atoms. The first-order valence-corrected chi connectivity index (χ1v) is 9.52. The van der Waals surface area contributed by atoms with E-state index in [1.807, 2.05) is 13.0 Å². The Bertz CT molecular complexity index is 1060. The molecule has 0 amide bonds. The molecule has 0 unspecified atom stereocenters. The molecule has 0 spiro atoms. The maximum atomic E-state index is 13.4. The first-order chi connectivity index (χ1) is 13.3. The third kappa shape index (κ3) is 3.63. The van der Waals surface area contributed by atoms with E-state index in [4.69, 9.17) is 4.74 Å². The molecule has 1 aliphatic rings. The molecule has 0 saturated heterocycles. The van der Waals surface area contributed by atoms with E-state index >= 15 is 0 Å². The summed E-state index contributed by atoms with van der Waals surface area (Å²) >= 11 is 3.46. The molecule has 0 aliphatic carbocycles. The third-order valence-corrected chi connectivity index (χ3v) is 5.30. The summed E-state index contributed by atoms with van der Waals surface area (Å²) in [5.41, 5.74) is 1.01. The van der Waals surface area contributed by atoms with Crippen molar-refractivity contribution in [2.75, 3.05) is 11.9 Å². The van der Waals surface area contributed by atoms with Crippen molar-refractivity contribution in [3.05, 3.63) is 51.4 Å². The maximum Gasteiger partial charge on any atom is 0.419 e. The van der Waals surface area contributed by atoms with Gasteiger partial charge in [-0.2, -0.15) is 13.2 Å². The Morgan fingerprint density at radius 1 is 1.18 bits per heavy atom. The minimum absolute atomic E-state index is 0.134. The molecule has 146 valence electrons. The smallest absolute Gasteiger partial charge is 0.419 e. The van der Waals surface area contributed by atoms with E-state index in [0.29, 0.717) is 41.1 Å². The number of aromatic nitrogens is 3. The van der Waals surface area contributed by atoms with Crippen molar-refractivity contribution in [2.45, 2.75) is 32.5 Å². The number of para-hydroxylation sites is 1. The van der Waals surface area contributed by atoms with Crippen molar-refractivity contribution in [3.63, 3.8) is 0 Å². The summed E-state index contributed by atoms with van der Waals surface area (Å²) in [6.07, 6.45) is -3.51. The Kier molecular flexibility index (Phi) is 4.86. The van der Waals surface area contributed by atoms with Crippen LogP contribution in [0.3, 0.4) is 0 Å². The molecule has 1 N–H and O–H groups in total. The van der Waals surface area contributed by atoms with E-state index in [1.54, 1.807) is 6.07 Å². The van der Waals surface area contributed by atoms with Crippen LogP contribution in [0.1, 0.15) is 29.1 Å². The number of rotatable bonds is 0. The highest BCUT2D eigenvalue weighted by molar-refractivity contribution is 9.10. The lowest BCUT2D eigenvalue weighted by molar-refractivity contribution is -0.139. The van der Waals surface area contributed by atoms with Crippen LogP contribution < -0.4 is 10.1 Å². The molecule has 1 aliphatic heterocycles. The number of alkyl halides is 3. The van der Waals surface area contributed by atoms with Gasteiger partial charge in [-0.15, -0.1) is 0 Å². The van der Waals surface area contributed by atoms with Gasteiger partial charge in [0.1, 0.15) is 17.4 Å². The van der Waals surface area contributed by atoms with Crippen LogP contribution in [0.15, 0.2) is 28.7 Å². The fourth-order valence-corrected chi connectivity index (χ4v) is 3.43. The Labute approximate surface area is 167 Å². The molecular formula is C19H16BrF3N4O. The highest BCUT2D eigenvalue weighted by atomic mass is 79.9. The largest absolute Gasteiger partial charge is 0.493 e. The molecule has 0 fully saturated rings. The molecule has 1 aromatic carbocycles. The number of benzene rings is 1. The summed E-state index contributed by atoms with van der Waals surface area (Å²) in [5.74, 6) is 0.984. The number of aryl methyl sites for hydroxylation is 2. The van der Waals surface area contributed by atoms with Gasteiger partial charge in [-0.1, -0.05) is 12.1 Å². The fraction of sp³-hybridized carbons (Fsp3) is 0.316. The number of pyridine rings is 1. The van der Waals surface area contributed by atoms with Crippen LogP contribution in [0.5, 0.6) is 5.75 Å². The van der Waals surface area contributed by atoms with Gasteiger partial charge in [-0.25, -0.2) is 15.0 Å². The van der Waals surface area contributed by atoms with Gasteiger partial charge in [-0.05, 0) is 41.4 Å². The molecular weight excluding hydrogens is 437 g/mol. The second-order valence-corrected chi connectivity index (χ2v) is 7.37. The second-order valence-electron chi connectivity index (χ2n) is 6.51. The van der Waals surface area contributed by atoms with E-state index in [0.717, 1.165) is 16.2 Å². The second kappa shape index (κ2) is 7.20. The average Bonchev–Trinajstić information content (AvgIpc) is 2.66. The lowest BCUT2D eigenvalue weighted by atomic mass is 10.1. The molecule has 0 radical (unpaired) electrons. The first-order valence-electron chi connectivity index (χ1n) is 8.72. The van der Waals surface area contributed by atoms with Crippen molar-refractivity contribution < 1.29 is 17.9 Å². The normalized spacial score (nSPS) is 14.6.